The Morgan fingerprint density at radius 2 is 1.85 bits per heavy atom. The quantitative estimate of drug-likeness (QED) is 0.759. The summed E-state index contributed by atoms with van der Waals surface area (Å²) in [6, 6.07) is 0. The molecule has 0 saturated heterocycles. The molecule has 0 atom stereocenters. The van der Waals surface area contributed by atoms with Crippen molar-refractivity contribution in [2.24, 2.45) is 0 Å². The van der Waals surface area contributed by atoms with Gasteiger partial charge >= 0.3 is 0 Å². The molecule has 0 N–H and O–H groups in total. The molecule has 0 aliphatic carbocycles. The first kappa shape index (κ1) is 17.3. The van der Waals surface area contributed by atoms with Crippen molar-refractivity contribution in [3.05, 3.63) is 16.1 Å². The van der Waals surface area contributed by atoms with Gasteiger partial charge in [0.1, 0.15) is 10.6 Å². The smallest absolute Gasteiger partial charge is 0.171 e. The van der Waals surface area contributed by atoms with E-state index in [1.54, 1.807) is 11.3 Å². The molecular formula is C16H27NO2S. The van der Waals surface area contributed by atoms with Gasteiger partial charge in [-0.05, 0) is 19.8 Å². The van der Waals surface area contributed by atoms with Crippen LogP contribution in [0.5, 0.6) is 0 Å². The molecular weight excluding hydrogens is 270 g/mol. The number of hydrogen-bond donors (Lipinski definition) is 0. The van der Waals surface area contributed by atoms with Crippen LogP contribution in [0.3, 0.4) is 0 Å². The Morgan fingerprint density at radius 3 is 2.25 bits per heavy atom. The lowest BCUT2D eigenvalue weighted by Gasteiger charge is -2.29. The minimum absolute atomic E-state index is 0.0321. The third-order valence-corrected chi connectivity index (χ3v) is 4.55. The minimum Gasteiger partial charge on any atom is -0.368 e. The summed E-state index contributed by atoms with van der Waals surface area (Å²) in [5.41, 5.74) is 0.451. The Balaban J connectivity index is 2.86. The van der Waals surface area contributed by atoms with Gasteiger partial charge in [0.2, 0.25) is 0 Å². The first-order valence-electron chi connectivity index (χ1n) is 7.41. The summed E-state index contributed by atoms with van der Waals surface area (Å²) < 4.78 is 5.76. The number of aromatic nitrogens is 1. The standard InChI is InChI=1S/C16H27NO2S/c1-7-16(8-2,19-9-3)13(18)10-14-17-12(11-20-14)15(4,5)6/h11H,7-10H2,1-6H3. The molecule has 0 fully saturated rings. The maximum absolute atomic E-state index is 12.6. The zero-order valence-electron chi connectivity index (χ0n) is 13.6. The number of ether oxygens (including phenoxy) is 1. The van der Waals surface area contributed by atoms with Gasteiger partial charge in [0.05, 0.1) is 12.1 Å². The maximum atomic E-state index is 12.6. The van der Waals surface area contributed by atoms with Gasteiger partial charge in [0.25, 0.3) is 0 Å². The van der Waals surface area contributed by atoms with Crippen molar-refractivity contribution in [1.29, 1.82) is 0 Å². The van der Waals surface area contributed by atoms with E-state index < -0.39 is 5.60 Å². The molecule has 0 saturated carbocycles. The van der Waals surface area contributed by atoms with Crippen LogP contribution in [0.1, 0.15) is 65.1 Å². The van der Waals surface area contributed by atoms with Gasteiger partial charge < -0.3 is 4.74 Å². The molecule has 114 valence electrons. The molecule has 1 rings (SSSR count). The van der Waals surface area contributed by atoms with Crippen LogP contribution in [0.4, 0.5) is 0 Å². The largest absolute Gasteiger partial charge is 0.368 e. The number of carbonyl (C=O) groups excluding carboxylic acids is 1. The predicted molar refractivity (Wildman–Crippen MR) is 84.5 cm³/mol. The van der Waals surface area contributed by atoms with E-state index in [1.807, 2.05) is 20.8 Å². The van der Waals surface area contributed by atoms with Gasteiger partial charge in [0.15, 0.2) is 5.78 Å². The van der Waals surface area contributed by atoms with E-state index >= 15 is 0 Å². The SMILES string of the molecule is CCOC(CC)(CC)C(=O)Cc1nc(C(C)(C)C)cs1. The normalized spacial score (nSPS) is 12.7. The van der Waals surface area contributed by atoms with Crippen LogP contribution in [-0.4, -0.2) is 23.0 Å². The number of thiazole rings is 1. The van der Waals surface area contributed by atoms with E-state index in [9.17, 15) is 4.79 Å². The Bertz CT molecular complexity index is 442. The predicted octanol–water partition coefficient (Wildman–Crippen LogP) is 4.15. The second-order valence-electron chi connectivity index (χ2n) is 6.11. The van der Waals surface area contributed by atoms with E-state index in [4.69, 9.17) is 4.74 Å². The number of nitrogens with zero attached hydrogens (tertiary/aromatic N) is 1. The lowest BCUT2D eigenvalue weighted by molar-refractivity contribution is -0.144. The lowest BCUT2D eigenvalue weighted by Crippen LogP contribution is -2.41. The molecule has 0 radical (unpaired) electrons. The molecule has 0 bridgehead atoms. The van der Waals surface area contributed by atoms with Crippen LogP contribution in [0.2, 0.25) is 0 Å². The third-order valence-electron chi connectivity index (χ3n) is 3.70. The van der Waals surface area contributed by atoms with E-state index in [2.05, 4.69) is 31.1 Å². The van der Waals surface area contributed by atoms with Crippen LogP contribution >= 0.6 is 11.3 Å². The highest BCUT2D eigenvalue weighted by molar-refractivity contribution is 7.09. The number of rotatable bonds is 7. The van der Waals surface area contributed by atoms with Crippen molar-refractivity contribution in [3.63, 3.8) is 0 Å². The summed E-state index contributed by atoms with van der Waals surface area (Å²) in [5.74, 6) is 0.152. The molecule has 0 aliphatic heterocycles. The van der Waals surface area contributed by atoms with E-state index in [0.717, 1.165) is 10.7 Å². The van der Waals surface area contributed by atoms with Crippen LogP contribution in [0.25, 0.3) is 0 Å². The van der Waals surface area contributed by atoms with Crippen LogP contribution in [0, 0.1) is 0 Å². The molecule has 0 spiro atoms. The highest BCUT2D eigenvalue weighted by Gasteiger charge is 2.35. The van der Waals surface area contributed by atoms with Crippen LogP contribution < -0.4 is 0 Å². The fourth-order valence-corrected chi connectivity index (χ4v) is 3.26. The molecule has 0 aromatic carbocycles. The zero-order valence-corrected chi connectivity index (χ0v) is 14.4. The number of ketones is 1. The summed E-state index contributed by atoms with van der Waals surface area (Å²) in [7, 11) is 0. The Labute approximate surface area is 126 Å². The lowest BCUT2D eigenvalue weighted by atomic mass is 9.90. The van der Waals surface area contributed by atoms with Crippen molar-refractivity contribution in [2.45, 2.75) is 71.8 Å². The highest BCUT2D eigenvalue weighted by Crippen LogP contribution is 2.27. The Hall–Kier alpha value is -0.740. The molecule has 0 aliphatic rings. The average Bonchev–Trinajstić information content (AvgIpc) is 2.84. The van der Waals surface area contributed by atoms with E-state index in [-0.39, 0.29) is 11.2 Å². The zero-order chi connectivity index (χ0) is 15.4. The van der Waals surface area contributed by atoms with Crippen LogP contribution in [0.15, 0.2) is 5.38 Å². The van der Waals surface area contributed by atoms with Crippen molar-refractivity contribution < 1.29 is 9.53 Å². The molecule has 1 aromatic rings. The summed E-state index contributed by atoms with van der Waals surface area (Å²) in [6.45, 7) is 12.9. The number of carbonyl (C=O) groups is 1. The van der Waals surface area contributed by atoms with Crippen LogP contribution in [-0.2, 0) is 21.4 Å². The summed E-state index contributed by atoms with van der Waals surface area (Å²) in [4.78, 5) is 17.2. The summed E-state index contributed by atoms with van der Waals surface area (Å²) in [6.07, 6.45) is 1.81. The number of Topliss-reactive ketones (excluding diaryl/α,β-unsaturated/α-hetero) is 1. The van der Waals surface area contributed by atoms with Crippen molar-refractivity contribution in [1.82, 2.24) is 4.98 Å². The van der Waals surface area contributed by atoms with Gasteiger partial charge in [-0.25, -0.2) is 4.98 Å². The molecule has 1 heterocycles. The fourth-order valence-electron chi connectivity index (χ4n) is 2.24. The van der Waals surface area contributed by atoms with Gasteiger partial charge in [-0.3, -0.25) is 4.79 Å². The van der Waals surface area contributed by atoms with Gasteiger partial charge in [-0.2, -0.15) is 0 Å². The van der Waals surface area contributed by atoms with Crippen molar-refractivity contribution >= 4 is 17.1 Å². The van der Waals surface area contributed by atoms with Gasteiger partial charge in [-0.1, -0.05) is 34.6 Å². The van der Waals surface area contributed by atoms with Crippen molar-refractivity contribution in [2.75, 3.05) is 6.61 Å². The highest BCUT2D eigenvalue weighted by atomic mass is 32.1. The first-order valence-corrected chi connectivity index (χ1v) is 8.29. The van der Waals surface area contributed by atoms with E-state index in [1.165, 1.54) is 0 Å². The molecule has 20 heavy (non-hydrogen) atoms. The summed E-state index contributed by atoms with van der Waals surface area (Å²) in [5, 5.41) is 2.95. The summed E-state index contributed by atoms with van der Waals surface area (Å²) >= 11 is 1.57. The number of hydrogen-bond acceptors (Lipinski definition) is 4. The molecule has 4 heteroatoms. The van der Waals surface area contributed by atoms with Gasteiger partial charge in [-0.15, -0.1) is 11.3 Å². The Kier molecular flexibility index (Phi) is 5.90. The molecule has 3 nitrogen and oxygen atoms in total. The minimum atomic E-state index is -0.637. The maximum Gasteiger partial charge on any atom is 0.171 e. The Morgan fingerprint density at radius 1 is 1.25 bits per heavy atom. The first-order chi connectivity index (χ1) is 9.29. The molecule has 0 unspecified atom stereocenters. The fraction of sp³-hybridized carbons (Fsp3) is 0.750. The second-order valence-corrected chi connectivity index (χ2v) is 7.05. The average molecular weight is 297 g/mol. The second kappa shape index (κ2) is 6.81. The molecule has 1 aromatic heterocycles. The van der Waals surface area contributed by atoms with Crippen molar-refractivity contribution in [3.8, 4) is 0 Å². The van der Waals surface area contributed by atoms with Gasteiger partial charge in [0, 0.05) is 17.4 Å². The topological polar surface area (TPSA) is 39.2 Å². The van der Waals surface area contributed by atoms with E-state index in [0.29, 0.717) is 25.9 Å². The monoisotopic (exact) mass is 297 g/mol. The molecule has 0 amide bonds. The third kappa shape index (κ3) is 3.89.